The van der Waals surface area contributed by atoms with Crippen molar-refractivity contribution in [1.29, 1.82) is 0 Å². The lowest BCUT2D eigenvalue weighted by Crippen LogP contribution is -2.48. The molecule has 1 atom stereocenters. The normalized spacial score (nSPS) is 12.6. The lowest BCUT2D eigenvalue weighted by atomic mass is 10.1. The summed E-state index contributed by atoms with van der Waals surface area (Å²) in [6.07, 6.45) is 0. The molecule has 7 nitrogen and oxygen atoms in total. The van der Waals surface area contributed by atoms with Crippen LogP contribution in [-0.4, -0.2) is 36.2 Å². The fourth-order valence-electron chi connectivity index (χ4n) is 3.50. The van der Waals surface area contributed by atoms with Gasteiger partial charge < -0.3 is 24.4 Å². The number of amides is 2. The molecule has 1 heterocycles. The van der Waals surface area contributed by atoms with Crippen molar-refractivity contribution in [3.05, 3.63) is 89.7 Å². The van der Waals surface area contributed by atoms with Crippen molar-refractivity contribution in [3.8, 4) is 17.2 Å². The first-order valence-electron chi connectivity index (χ1n) is 10.9. The van der Waals surface area contributed by atoms with Gasteiger partial charge in [-0.05, 0) is 54.4 Å². The van der Waals surface area contributed by atoms with E-state index in [9.17, 15) is 14.0 Å². The van der Waals surface area contributed by atoms with Crippen molar-refractivity contribution in [2.45, 2.75) is 26.1 Å². The first-order chi connectivity index (χ1) is 16.5. The van der Waals surface area contributed by atoms with Crippen LogP contribution in [0.4, 0.5) is 4.39 Å². The highest BCUT2D eigenvalue weighted by Crippen LogP contribution is 2.32. The molecule has 2 amide bonds. The Bertz CT molecular complexity index is 1140. The molecule has 1 unspecified atom stereocenters. The van der Waals surface area contributed by atoms with Crippen LogP contribution < -0.4 is 19.5 Å². The first-order valence-corrected chi connectivity index (χ1v) is 10.9. The van der Waals surface area contributed by atoms with Gasteiger partial charge in [0.25, 0.3) is 5.91 Å². The predicted molar refractivity (Wildman–Crippen MR) is 123 cm³/mol. The van der Waals surface area contributed by atoms with Crippen molar-refractivity contribution in [2.75, 3.05) is 13.4 Å². The molecule has 0 spiro atoms. The molecule has 0 saturated carbocycles. The van der Waals surface area contributed by atoms with Crippen LogP contribution in [0.5, 0.6) is 17.2 Å². The van der Waals surface area contributed by atoms with Gasteiger partial charge >= 0.3 is 0 Å². The van der Waals surface area contributed by atoms with Gasteiger partial charge in [-0.25, -0.2) is 4.39 Å². The summed E-state index contributed by atoms with van der Waals surface area (Å²) < 4.78 is 29.6. The fraction of sp³-hybridized carbons (Fsp3) is 0.231. The highest BCUT2D eigenvalue weighted by atomic mass is 19.1. The maximum Gasteiger partial charge on any atom is 0.261 e. The number of nitrogens with one attached hydrogen (secondary N) is 1. The highest BCUT2D eigenvalue weighted by molar-refractivity contribution is 5.88. The van der Waals surface area contributed by atoms with E-state index < -0.39 is 6.04 Å². The van der Waals surface area contributed by atoms with Crippen LogP contribution in [-0.2, 0) is 22.7 Å². The average molecular weight is 464 g/mol. The fourth-order valence-corrected chi connectivity index (χ4v) is 3.50. The number of ether oxygens (including phenoxy) is 3. The number of carbonyl (C=O) groups excluding carboxylic acids is 2. The lowest BCUT2D eigenvalue weighted by Gasteiger charge is -2.28. The van der Waals surface area contributed by atoms with Gasteiger partial charge in [-0.15, -0.1) is 0 Å². The molecule has 0 saturated heterocycles. The smallest absolute Gasteiger partial charge is 0.261 e. The van der Waals surface area contributed by atoms with Crippen molar-refractivity contribution >= 4 is 11.8 Å². The molecule has 1 N–H and O–H groups in total. The summed E-state index contributed by atoms with van der Waals surface area (Å²) in [5.41, 5.74) is 1.54. The molecule has 1 aliphatic rings. The molecule has 0 radical (unpaired) electrons. The van der Waals surface area contributed by atoms with E-state index in [4.69, 9.17) is 14.2 Å². The summed E-state index contributed by atoms with van der Waals surface area (Å²) in [7, 11) is 0. The van der Waals surface area contributed by atoms with Crippen molar-refractivity contribution < 1.29 is 28.2 Å². The second kappa shape index (κ2) is 10.7. The summed E-state index contributed by atoms with van der Waals surface area (Å²) in [6.45, 7) is 1.99. The van der Waals surface area contributed by atoms with E-state index >= 15 is 0 Å². The van der Waals surface area contributed by atoms with Gasteiger partial charge in [-0.1, -0.05) is 36.4 Å². The number of halogens is 1. The van der Waals surface area contributed by atoms with Crippen LogP contribution in [0.25, 0.3) is 0 Å². The highest BCUT2D eigenvalue weighted by Gasteiger charge is 2.26. The van der Waals surface area contributed by atoms with E-state index in [-0.39, 0.29) is 44.1 Å². The monoisotopic (exact) mass is 464 g/mol. The minimum atomic E-state index is -0.786. The number of para-hydroxylation sites is 1. The minimum absolute atomic E-state index is 0.135. The second-order valence-electron chi connectivity index (χ2n) is 7.83. The molecule has 3 aromatic carbocycles. The molecular formula is C26H25FN2O5. The van der Waals surface area contributed by atoms with Crippen LogP contribution in [0.3, 0.4) is 0 Å². The summed E-state index contributed by atoms with van der Waals surface area (Å²) in [6, 6.07) is 19.4. The third kappa shape index (κ3) is 5.83. The summed E-state index contributed by atoms with van der Waals surface area (Å²) in [4.78, 5) is 27.4. The lowest BCUT2D eigenvalue weighted by molar-refractivity contribution is -0.142. The molecule has 0 bridgehead atoms. The Morgan fingerprint density at radius 3 is 2.47 bits per heavy atom. The maximum atomic E-state index is 13.3. The molecule has 34 heavy (non-hydrogen) atoms. The minimum Gasteiger partial charge on any atom is -0.484 e. The zero-order chi connectivity index (χ0) is 23.9. The number of benzene rings is 3. The quantitative estimate of drug-likeness (QED) is 0.523. The van der Waals surface area contributed by atoms with E-state index in [0.717, 1.165) is 5.56 Å². The standard InChI is InChI=1S/C26H25FN2O5/c1-18(26(31)28-14-20-9-12-23-24(13-20)34-17-33-23)29(15-19-7-10-21(27)11-8-19)25(30)16-32-22-5-3-2-4-6-22/h2-13,18H,14-17H2,1H3,(H,28,31). The van der Waals surface area contributed by atoms with E-state index in [1.165, 1.54) is 17.0 Å². The summed E-state index contributed by atoms with van der Waals surface area (Å²) >= 11 is 0. The van der Waals surface area contributed by atoms with E-state index in [1.54, 1.807) is 37.3 Å². The third-order valence-corrected chi connectivity index (χ3v) is 5.44. The van der Waals surface area contributed by atoms with Gasteiger partial charge in [-0.3, -0.25) is 9.59 Å². The molecule has 4 rings (SSSR count). The van der Waals surface area contributed by atoms with Gasteiger partial charge in [-0.2, -0.15) is 0 Å². The molecular weight excluding hydrogens is 439 g/mol. The van der Waals surface area contributed by atoms with Crippen molar-refractivity contribution in [2.24, 2.45) is 0 Å². The Labute approximate surface area is 197 Å². The Morgan fingerprint density at radius 2 is 1.71 bits per heavy atom. The van der Waals surface area contributed by atoms with Crippen LogP contribution >= 0.6 is 0 Å². The topological polar surface area (TPSA) is 77.1 Å². The molecule has 0 fully saturated rings. The van der Waals surface area contributed by atoms with E-state index in [1.807, 2.05) is 30.3 Å². The molecule has 0 aliphatic carbocycles. The number of nitrogens with zero attached hydrogens (tertiary/aromatic N) is 1. The number of hydrogen-bond donors (Lipinski definition) is 1. The third-order valence-electron chi connectivity index (χ3n) is 5.44. The van der Waals surface area contributed by atoms with Crippen molar-refractivity contribution in [3.63, 3.8) is 0 Å². The van der Waals surface area contributed by atoms with Crippen LogP contribution in [0.2, 0.25) is 0 Å². The van der Waals surface area contributed by atoms with Gasteiger partial charge in [0, 0.05) is 13.1 Å². The average Bonchev–Trinajstić information content (AvgIpc) is 3.33. The maximum absolute atomic E-state index is 13.3. The van der Waals surface area contributed by atoms with Crippen LogP contribution in [0.1, 0.15) is 18.1 Å². The van der Waals surface area contributed by atoms with Gasteiger partial charge in [0.1, 0.15) is 17.6 Å². The zero-order valence-electron chi connectivity index (χ0n) is 18.7. The van der Waals surface area contributed by atoms with Gasteiger partial charge in [0.2, 0.25) is 12.7 Å². The second-order valence-corrected chi connectivity index (χ2v) is 7.83. The molecule has 3 aromatic rings. The Morgan fingerprint density at radius 1 is 1.00 bits per heavy atom. The summed E-state index contributed by atoms with van der Waals surface area (Å²) in [5, 5.41) is 2.86. The van der Waals surface area contributed by atoms with Crippen LogP contribution in [0.15, 0.2) is 72.8 Å². The van der Waals surface area contributed by atoms with Gasteiger partial charge in [0.05, 0.1) is 0 Å². The van der Waals surface area contributed by atoms with Crippen molar-refractivity contribution in [1.82, 2.24) is 10.2 Å². The van der Waals surface area contributed by atoms with E-state index in [2.05, 4.69) is 5.32 Å². The number of rotatable bonds is 9. The molecule has 1 aliphatic heterocycles. The van der Waals surface area contributed by atoms with Crippen LogP contribution in [0, 0.1) is 5.82 Å². The number of carbonyl (C=O) groups is 2. The first kappa shape index (κ1) is 23.1. The Hall–Kier alpha value is -4.07. The summed E-state index contributed by atoms with van der Waals surface area (Å²) in [5.74, 6) is 0.789. The molecule has 176 valence electrons. The zero-order valence-corrected chi connectivity index (χ0v) is 18.7. The van der Waals surface area contributed by atoms with E-state index in [0.29, 0.717) is 22.8 Å². The number of hydrogen-bond acceptors (Lipinski definition) is 5. The predicted octanol–water partition coefficient (Wildman–Crippen LogP) is 3.67. The number of fused-ring (bicyclic) bond motifs is 1. The Kier molecular flexibility index (Phi) is 7.27. The largest absolute Gasteiger partial charge is 0.484 e. The van der Waals surface area contributed by atoms with Gasteiger partial charge in [0.15, 0.2) is 18.1 Å². The molecule has 0 aromatic heterocycles. The Balaban J connectivity index is 1.42. The molecule has 8 heteroatoms. The SMILES string of the molecule is CC(C(=O)NCc1ccc2c(c1)OCO2)N(Cc1ccc(F)cc1)C(=O)COc1ccccc1.